The molecule has 146 valence electrons. The Kier molecular flexibility index (Phi) is 4.34. The Balaban J connectivity index is 1.58. The fourth-order valence-corrected chi connectivity index (χ4v) is 2.83. The summed E-state index contributed by atoms with van der Waals surface area (Å²) in [6.45, 7) is 5.27. The normalized spacial score (nSPS) is 18.9. The highest BCUT2D eigenvalue weighted by molar-refractivity contribution is 5.63. The number of epoxide rings is 1. The van der Waals surface area contributed by atoms with E-state index in [0.29, 0.717) is 24.7 Å². The number of halogens is 3. The molecule has 1 aliphatic rings. The van der Waals surface area contributed by atoms with E-state index in [1.165, 1.54) is 0 Å². The van der Waals surface area contributed by atoms with Gasteiger partial charge < -0.3 is 10.1 Å². The lowest BCUT2D eigenvalue weighted by molar-refractivity contribution is -0.137. The molecule has 4 heterocycles. The first kappa shape index (κ1) is 18.4. The van der Waals surface area contributed by atoms with Gasteiger partial charge in [-0.2, -0.15) is 18.3 Å². The van der Waals surface area contributed by atoms with Gasteiger partial charge in [-0.1, -0.05) is 0 Å². The second-order valence-corrected chi connectivity index (χ2v) is 7.13. The topological polar surface area (TPSA) is 68.2 Å². The highest BCUT2D eigenvalue weighted by atomic mass is 19.4. The van der Waals surface area contributed by atoms with Crippen LogP contribution in [0.1, 0.15) is 18.1 Å². The summed E-state index contributed by atoms with van der Waals surface area (Å²) >= 11 is 0. The summed E-state index contributed by atoms with van der Waals surface area (Å²) in [6, 6.07) is 5.52. The molecule has 3 aromatic rings. The van der Waals surface area contributed by atoms with Crippen molar-refractivity contribution in [3.05, 3.63) is 54.0 Å². The molecule has 6 nitrogen and oxygen atoms in total. The smallest absolute Gasteiger partial charge is 0.368 e. The summed E-state index contributed by atoms with van der Waals surface area (Å²) in [5, 5.41) is 7.19. The van der Waals surface area contributed by atoms with E-state index in [4.69, 9.17) is 4.74 Å². The van der Waals surface area contributed by atoms with Crippen molar-refractivity contribution < 1.29 is 17.9 Å². The van der Waals surface area contributed by atoms with Crippen molar-refractivity contribution in [3.8, 4) is 11.3 Å². The molecule has 0 amide bonds. The van der Waals surface area contributed by atoms with Crippen molar-refractivity contribution in [2.24, 2.45) is 0 Å². The van der Waals surface area contributed by atoms with Crippen LogP contribution in [0.3, 0.4) is 0 Å². The number of nitrogens with zero attached hydrogens (tertiary/aromatic N) is 4. The average Bonchev–Trinajstić information content (AvgIpc) is 3.15. The minimum atomic E-state index is -4.43. The van der Waals surface area contributed by atoms with Gasteiger partial charge in [0.05, 0.1) is 30.6 Å². The number of aryl methyl sites for hydroxylation is 1. The van der Waals surface area contributed by atoms with Crippen LogP contribution in [0.15, 0.2) is 42.9 Å². The molecule has 0 aliphatic carbocycles. The molecule has 1 aliphatic heterocycles. The molecular formula is C19H18F3N5O. The fourth-order valence-electron chi connectivity index (χ4n) is 2.83. The number of hydrogen-bond donors (Lipinski definition) is 1. The van der Waals surface area contributed by atoms with E-state index >= 15 is 0 Å². The maximum absolute atomic E-state index is 12.9. The molecule has 4 rings (SSSR count). The predicted molar refractivity (Wildman–Crippen MR) is 97.1 cm³/mol. The lowest BCUT2D eigenvalue weighted by Crippen LogP contribution is -2.15. The number of pyridine rings is 2. The highest BCUT2D eigenvalue weighted by Crippen LogP contribution is 2.31. The molecule has 28 heavy (non-hydrogen) atoms. The Morgan fingerprint density at radius 2 is 2.04 bits per heavy atom. The summed E-state index contributed by atoms with van der Waals surface area (Å²) in [6.07, 6.45) is 0.272. The first-order chi connectivity index (χ1) is 13.2. The van der Waals surface area contributed by atoms with E-state index in [-0.39, 0.29) is 11.4 Å². The molecule has 0 spiro atoms. The zero-order valence-electron chi connectivity index (χ0n) is 15.3. The molecule has 0 bridgehead atoms. The van der Waals surface area contributed by atoms with Crippen molar-refractivity contribution in [1.82, 2.24) is 19.7 Å². The van der Waals surface area contributed by atoms with Crippen LogP contribution < -0.4 is 5.32 Å². The van der Waals surface area contributed by atoms with Crippen molar-refractivity contribution in [1.29, 1.82) is 0 Å². The minimum Gasteiger partial charge on any atom is -0.368 e. The van der Waals surface area contributed by atoms with E-state index < -0.39 is 11.7 Å². The number of ether oxygens (including phenoxy) is 1. The number of nitrogens with one attached hydrogen (secondary N) is 1. The van der Waals surface area contributed by atoms with Crippen LogP contribution in [-0.2, 0) is 17.5 Å². The van der Waals surface area contributed by atoms with Crippen LogP contribution in [0.2, 0.25) is 0 Å². The van der Waals surface area contributed by atoms with Gasteiger partial charge in [-0.15, -0.1) is 0 Å². The van der Waals surface area contributed by atoms with Crippen molar-refractivity contribution >= 4 is 11.6 Å². The fraction of sp³-hybridized carbons (Fsp3) is 0.316. The predicted octanol–water partition coefficient (Wildman–Crippen LogP) is 4.20. The molecular weight excluding hydrogens is 371 g/mol. The third kappa shape index (κ3) is 4.14. The SMILES string of the molecule is Cc1cc(Nc2cc(C(F)(F)F)ccn2)nc(-c2cnn(CC3(C)CO3)c2)c1. The number of hydrogen-bond acceptors (Lipinski definition) is 5. The third-order valence-corrected chi connectivity index (χ3v) is 4.38. The standard InChI is InChI=1S/C19H18F3N5O/c1-12-5-15(13-8-24-27(9-13)10-18(2)11-28-18)25-17(6-12)26-16-7-14(3-4-23-16)19(20,21)22/h3-9H,10-11H2,1-2H3,(H,23,25,26). The molecule has 1 fully saturated rings. The molecule has 1 atom stereocenters. The zero-order valence-corrected chi connectivity index (χ0v) is 15.3. The summed E-state index contributed by atoms with van der Waals surface area (Å²) in [5.41, 5.74) is 1.46. The summed E-state index contributed by atoms with van der Waals surface area (Å²) < 4.78 is 45.9. The Labute approximate surface area is 159 Å². The second kappa shape index (κ2) is 6.59. The van der Waals surface area contributed by atoms with Crippen LogP contribution in [0, 0.1) is 6.92 Å². The van der Waals surface area contributed by atoms with E-state index in [1.54, 1.807) is 16.9 Å². The summed E-state index contributed by atoms with van der Waals surface area (Å²) in [7, 11) is 0. The zero-order chi connectivity index (χ0) is 19.9. The van der Waals surface area contributed by atoms with Gasteiger partial charge in [-0.05, 0) is 43.7 Å². The van der Waals surface area contributed by atoms with Crippen LogP contribution >= 0.6 is 0 Å². The summed E-state index contributed by atoms with van der Waals surface area (Å²) in [4.78, 5) is 8.45. The van der Waals surface area contributed by atoms with Gasteiger partial charge in [-0.3, -0.25) is 4.68 Å². The number of anilines is 2. The maximum atomic E-state index is 12.9. The van der Waals surface area contributed by atoms with E-state index in [2.05, 4.69) is 20.4 Å². The monoisotopic (exact) mass is 389 g/mol. The Bertz CT molecular complexity index is 1010. The average molecular weight is 389 g/mol. The number of aromatic nitrogens is 4. The van der Waals surface area contributed by atoms with Gasteiger partial charge in [0.2, 0.25) is 0 Å². The van der Waals surface area contributed by atoms with Gasteiger partial charge in [-0.25, -0.2) is 9.97 Å². The van der Waals surface area contributed by atoms with Crippen LogP contribution in [0.25, 0.3) is 11.3 Å². The summed E-state index contributed by atoms with van der Waals surface area (Å²) in [5.74, 6) is 0.487. The Morgan fingerprint density at radius 3 is 2.75 bits per heavy atom. The van der Waals surface area contributed by atoms with E-state index in [9.17, 15) is 13.2 Å². The molecule has 0 radical (unpaired) electrons. The second-order valence-electron chi connectivity index (χ2n) is 7.13. The van der Waals surface area contributed by atoms with Crippen LogP contribution in [0.5, 0.6) is 0 Å². The van der Waals surface area contributed by atoms with Gasteiger partial charge in [0.15, 0.2) is 0 Å². The molecule has 1 unspecified atom stereocenters. The highest BCUT2D eigenvalue weighted by Gasteiger charge is 2.39. The van der Waals surface area contributed by atoms with Gasteiger partial charge >= 0.3 is 6.18 Å². The first-order valence-corrected chi connectivity index (χ1v) is 8.66. The molecule has 9 heteroatoms. The Morgan fingerprint density at radius 1 is 1.25 bits per heavy atom. The van der Waals surface area contributed by atoms with Crippen molar-refractivity contribution in [3.63, 3.8) is 0 Å². The number of rotatable bonds is 5. The van der Waals surface area contributed by atoms with Crippen LogP contribution in [0.4, 0.5) is 24.8 Å². The van der Waals surface area contributed by atoms with Gasteiger partial charge in [0.1, 0.15) is 17.2 Å². The van der Waals surface area contributed by atoms with Gasteiger partial charge in [0, 0.05) is 18.0 Å². The largest absolute Gasteiger partial charge is 0.416 e. The van der Waals surface area contributed by atoms with Crippen LogP contribution in [-0.4, -0.2) is 32.0 Å². The maximum Gasteiger partial charge on any atom is 0.416 e. The minimum absolute atomic E-state index is 0.0772. The number of alkyl halides is 3. The molecule has 1 saturated heterocycles. The third-order valence-electron chi connectivity index (χ3n) is 4.38. The van der Waals surface area contributed by atoms with Crippen molar-refractivity contribution in [2.75, 3.05) is 11.9 Å². The lowest BCUT2D eigenvalue weighted by atomic mass is 10.1. The van der Waals surface area contributed by atoms with E-state index in [0.717, 1.165) is 29.5 Å². The van der Waals surface area contributed by atoms with Gasteiger partial charge in [0.25, 0.3) is 0 Å². The molecule has 0 saturated carbocycles. The molecule has 1 N–H and O–H groups in total. The quantitative estimate of drug-likeness (QED) is 0.663. The Hall–Kier alpha value is -2.94. The lowest BCUT2D eigenvalue weighted by Gasteiger charge is -2.10. The van der Waals surface area contributed by atoms with E-state index in [1.807, 2.05) is 26.1 Å². The molecule has 3 aromatic heterocycles. The first-order valence-electron chi connectivity index (χ1n) is 8.66. The molecule has 0 aromatic carbocycles. The van der Waals surface area contributed by atoms with Crippen molar-refractivity contribution in [2.45, 2.75) is 32.2 Å².